The van der Waals surface area contributed by atoms with E-state index in [4.69, 9.17) is 37.0 Å². The summed E-state index contributed by atoms with van der Waals surface area (Å²) in [6.07, 6.45) is 52.7. The van der Waals surface area contributed by atoms with Crippen LogP contribution in [-0.4, -0.2) is 96.7 Å². The van der Waals surface area contributed by atoms with Gasteiger partial charge in [0.1, 0.15) is 19.3 Å². The van der Waals surface area contributed by atoms with Crippen molar-refractivity contribution in [2.75, 3.05) is 39.6 Å². The Morgan fingerprint density at radius 2 is 0.548 bits per heavy atom. The molecule has 0 saturated carbocycles. The zero-order valence-electron chi connectivity index (χ0n) is 60.6. The molecule has 0 spiro atoms. The highest BCUT2D eigenvalue weighted by atomic mass is 31.2. The molecule has 3 unspecified atom stereocenters. The monoisotopic (exact) mass is 1370 g/mol. The van der Waals surface area contributed by atoms with Crippen molar-refractivity contribution in [2.24, 2.45) is 11.8 Å². The second kappa shape index (κ2) is 66.0. The molecule has 552 valence electrons. The number of phosphoric acid groups is 2. The normalized spacial score (nSPS) is 14.3. The van der Waals surface area contributed by atoms with Crippen molar-refractivity contribution in [3.63, 3.8) is 0 Å². The minimum Gasteiger partial charge on any atom is -0.462 e. The molecule has 19 heteroatoms. The lowest BCUT2D eigenvalue weighted by molar-refractivity contribution is -0.161. The first kappa shape index (κ1) is 91.1. The van der Waals surface area contributed by atoms with Gasteiger partial charge in [0.05, 0.1) is 26.4 Å². The van der Waals surface area contributed by atoms with Crippen LogP contribution in [-0.2, 0) is 65.4 Å². The van der Waals surface area contributed by atoms with E-state index in [9.17, 15) is 43.2 Å². The van der Waals surface area contributed by atoms with Gasteiger partial charge in [-0.1, -0.05) is 330 Å². The van der Waals surface area contributed by atoms with E-state index in [2.05, 4.69) is 41.5 Å². The highest BCUT2D eigenvalue weighted by Crippen LogP contribution is 2.45. The number of ether oxygens (including phenoxy) is 4. The van der Waals surface area contributed by atoms with E-state index in [1.54, 1.807) is 0 Å². The molecule has 93 heavy (non-hydrogen) atoms. The van der Waals surface area contributed by atoms with Gasteiger partial charge in [0, 0.05) is 25.7 Å². The molecule has 0 rings (SSSR count). The van der Waals surface area contributed by atoms with Crippen LogP contribution in [0.3, 0.4) is 0 Å². The number of phosphoric ester groups is 2. The summed E-state index contributed by atoms with van der Waals surface area (Å²) < 4.78 is 68.4. The molecule has 0 aliphatic carbocycles. The first-order chi connectivity index (χ1) is 44.9. The van der Waals surface area contributed by atoms with Crippen molar-refractivity contribution >= 4 is 39.5 Å². The minimum atomic E-state index is -4.96. The van der Waals surface area contributed by atoms with Crippen LogP contribution in [0.4, 0.5) is 0 Å². The molecule has 0 saturated heterocycles. The fourth-order valence-corrected chi connectivity index (χ4v) is 12.8. The molecule has 0 aromatic carbocycles. The van der Waals surface area contributed by atoms with E-state index in [1.807, 2.05) is 0 Å². The molecule has 0 aromatic heterocycles. The van der Waals surface area contributed by atoms with Crippen molar-refractivity contribution in [1.82, 2.24) is 0 Å². The lowest BCUT2D eigenvalue weighted by Crippen LogP contribution is -2.30. The largest absolute Gasteiger partial charge is 0.472 e. The van der Waals surface area contributed by atoms with Crippen LogP contribution in [0.5, 0.6) is 0 Å². The van der Waals surface area contributed by atoms with Gasteiger partial charge < -0.3 is 33.8 Å². The molecule has 0 fully saturated rings. The van der Waals surface area contributed by atoms with E-state index < -0.39 is 97.5 Å². The maximum atomic E-state index is 13.1. The first-order valence-electron chi connectivity index (χ1n) is 38.5. The van der Waals surface area contributed by atoms with Gasteiger partial charge in [-0.3, -0.25) is 37.3 Å². The number of hydrogen-bond donors (Lipinski definition) is 3. The third-order valence-corrected chi connectivity index (χ3v) is 19.5. The predicted octanol–water partition coefficient (Wildman–Crippen LogP) is 21.6. The average Bonchev–Trinajstić information content (AvgIpc) is 1.69. The van der Waals surface area contributed by atoms with E-state index in [0.29, 0.717) is 31.6 Å². The fourth-order valence-electron chi connectivity index (χ4n) is 11.3. The van der Waals surface area contributed by atoms with Crippen molar-refractivity contribution < 1.29 is 80.2 Å². The highest BCUT2D eigenvalue weighted by molar-refractivity contribution is 7.47. The van der Waals surface area contributed by atoms with Gasteiger partial charge in [0.2, 0.25) is 0 Å². The molecule has 0 heterocycles. The Kier molecular flexibility index (Phi) is 64.6. The number of aliphatic hydroxyl groups is 1. The van der Waals surface area contributed by atoms with Crippen LogP contribution in [0, 0.1) is 11.8 Å². The summed E-state index contributed by atoms with van der Waals surface area (Å²) >= 11 is 0. The summed E-state index contributed by atoms with van der Waals surface area (Å²) in [6, 6.07) is 0. The predicted molar refractivity (Wildman–Crippen MR) is 377 cm³/mol. The Labute approximate surface area is 568 Å². The number of unbranched alkanes of at least 4 members (excludes halogenated alkanes) is 42. The molecular weight excluding hydrogens is 1220 g/mol. The second-order valence-electron chi connectivity index (χ2n) is 27.4. The first-order valence-corrected chi connectivity index (χ1v) is 41.5. The van der Waals surface area contributed by atoms with Gasteiger partial charge in [-0.2, -0.15) is 0 Å². The standard InChI is InChI=1S/C74H144O17P2/c1-7-10-12-14-16-18-20-21-22-26-30-33-37-44-50-56-71(76)84-62-69(90-74(79)59-53-47-39-35-31-27-24-23-25-29-32-36-43-49-55-67(6)9-3)64-88-92(80,81)86-60-68(75)61-87-93(82,83)89-65-70(63-85-72(77)57-51-45-41-40-42-48-54-66(4)5)91-73(78)58-52-46-38-34-28-19-17-15-13-11-8-2/h66-70,75H,7-65H2,1-6H3,(H,80,81)(H,82,83)/t67?,68-,69-,70-/m1/s1. The van der Waals surface area contributed by atoms with Crippen LogP contribution >= 0.6 is 15.6 Å². The van der Waals surface area contributed by atoms with Gasteiger partial charge in [-0.15, -0.1) is 0 Å². The van der Waals surface area contributed by atoms with Crippen molar-refractivity contribution in [3.05, 3.63) is 0 Å². The molecule has 3 N–H and O–H groups in total. The molecule has 0 radical (unpaired) electrons. The Morgan fingerprint density at radius 3 is 0.817 bits per heavy atom. The number of hydrogen-bond acceptors (Lipinski definition) is 15. The Balaban J connectivity index is 5.23. The van der Waals surface area contributed by atoms with Gasteiger partial charge in [-0.05, 0) is 37.5 Å². The van der Waals surface area contributed by atoms with Crippen molar-refractivity contribution in [3.8, 4) is 0 Å². The van der Waals surface area contributed by atoms with E-state index >= 15 is 0 Å². The lowest BCUT2D eigenvalue weighted by Gasteiger charge is -2.21. The maximum absolute atomic E-state index is 13.1. The smallest absolute Gasteiger partial charge is 0.462 e. The van der Waals surface area contributed by atoms with Crippen molar-refractivity contribution in [2.45, 2.75) is 400 Å². The minimum absolute atomic E-state index is 0.106. The lowest BCUT2D eigenvalue weighted by atomic mass is 9.99. The van der Waals surface area contributed by atoms with Crippen molar-refractivity contribution in [1.29, 1.82) is 0 Å². The molecule has 0 amide bonds. The third kappa shape index (κ3) is 67.0. The van der Waals surface area contributed by atoms with Crippen LogP contribution in [0.15, 0.2) is 0 Å². The summed E-state index contributed by atoms with van der Waals surface area (Å²) in [4.78, 5) is 72.7. The van der Waals surface area contributed by atoms with Gasteiger partial charge in [0.25, 0.3) is 0 Å². The average molecular weight is 1370 g/mol. The van der Waals surface area contributed by atoms with Gasteiger partial charge in [0.15, 0.2) is 12.2 Å². The summed E-state index contributed by atoms with van der Waals surface area (Å²) in [5.74, 6) is -0.593. The third-order valence-electron chi connectivity index (χ3n) is 17.6. The SMILES string of the molecule is CCCCCCCCCCCCCCCCCC(=O)OC[C@H](COP(=O)(O)OC[C@@H](O)COP(=O)(O)OC[C@@H](COC(=O)CCCCCCCCC(C)C)OC(=O)CCCCCCCCCCCCC)OC(=O)CCCCCCCCCCCCCCCCC(C)CC. The number of aliphatic hydroxyl groups excluding tert-OH is 1. The van der Waals surface area contributed by atoms with Crippen LogP contribution < -0.4 is 0 Å². The Bertz CT molecular complexity index is 1810. The molecule has 0 bridgehead atoms. The second-order valence-corrected chi connectivity index (χ2v) is 30.3. The zero-order chi connectivity index (χ0) is 68.6. The Hall–Kier alpha value is -1.94. The zero-order valence-corrected chi connectivity index (χ0v) is 62.3. The molecule has 0 aliphatic heterocycles. The quantitative estimate of drug-likeness (QED) is 0.0222. The summed E-state index contributed by atoms with van der Waals surface area (Å²) in [6.45, 7) is 9.55. The molecule has 0 aliphatic rings. The topological polar surface area (TPSA) is 237 Å². The van der Waals surface area contributed by atoms with Crippen LogP contribution in [0.25, 0.3) is 0 Å². The highest BCUT2D eigenvalue weighted by Gasteiger charge is 2.30. The molecular formula is C74H144O17P2. The number of rotatable bonds is 73. The molecule has 6 atom stereocenters. The van der Waals surface area contributed by atoms with E-state index in [0.717, 1.165) is 102 Å². The van der Waals surface area contributed by atoms with Gasteiger partial charge >= 0.3 is 39.5 Å². The fraction of sp³-hybridized carbons (Fsp3) is 0.946. The van der Waals surface area contributed by atoms with Gasteiger partial charge in [-0.25, -0.2) is 9.13 Å². The Morgan fingerprint density at radius 1 is 0.312 bits per heavy atom. The summed E-state index contributed by atoms with van der Waals surface area (Å²) in [5, 5.41) is 10.6. The van der Waals surface area contributed by atoms with Crippen LogP contribution in [0.1, 0.15) is 382 Å². The van der Waals surface area contributed by atoms with E-state index in [-0.39, 0.29) is 25.7 Å². The summed E-state index contributed by atoms with van der Waals surface area (Å²) in [7, 11) is -9.90. The number of carbonyl (C=O) groups is 4. The summed E-state index contributed by atoms with van der Waals surface area (Å²) in [5.41, 5.74) is 0. The van der Waals surface area contributed by atoms with Crippen LogP contribution in [0.2, 0.25) is 0 Å². The number of carbonyl (C=O) groups excluding carboxylic acids is 4. The van der Waals surface area contributed by atoms with E-state index in [1.165, 1.54) is 193 Å². The number of esters is 4. The molecule has 0 aromatic rings. The molecule has 17 nitrogen and oxygen atoms in total. The maximum Gasteiger partial charge on any atom is 0.472 e.